The number of halogens is 2. The Morgan fingerprint density at radius 3 is 2.81 bits per heavy atom. The summed E-state index contributed by atoms with van der Waals surface area (Å²) in [5, 5.41) is 1.00. The van der Waals surface area contributed by atoms with Crippen LogP contribution < -0.4 is 4.90 Å². The SMILES string of the molecule is O=C(c1ccccc1Cl)N(Cc1ccco1)c1nc2ccc(Br)cc2s1. The average Bonchev–Trinajstić information content (AvgIpc) is 3.28. The highest BCUT2D eigenvalue weighted by Crippen LogP contribution is 2.33. The topological polar surface area (TPSA) is 46.3 Å². The minimum Gasteiger partial charge on any atom is -0.467 e. The molecule has 26 heavy (non-hydrogen) atoms. The van der Waals surface area contributed by atoms with Gasteiger partial charge in [0.25, 0.3) is 5.91 Å². The molecule has 130 valence electrons. The Labute approximate surface area is 167 Å². The molecule has 0 aliphatic rings. The Balaban J connectivity index is 1.79. The Bertz CT molecular complexity index is 1080. The second-order valence-electron chi connectivity index (χ2n) is 5.56. The van der Waals surface area contributed by atoms with Gasteiger partial charge in [-0.1, -0.05) is 51.0 Å². The number of carbonyl (C=O) groups is 1. The summed E-state index contributed by atoms with van der Waals surface area (Å²) < 4.78 is 7.40. The number of furan rings is 1. The standard InChI is InChI=1S/C19H12BrClN2O2S/c20-12-7-8-16-17(10-12)26-19(22-16)23(11-13-4-3-9-25-13)18(24)14-5-1-2-6-15(14)21/h1-10H,11H2. The highest BCUT2D eigenvalue weighted by atomic mass is 79.9. The lowest BCUT2D eigenvalue weighted by molar-refractivity contribution is 0.0983. The van der Waals surface area contributed by atoms with Crippen molar-refractivity contribution in [1.82, 2.24) is 4.98 Å². The number of benzene rings is 2. The average molecular weight is 448 g/mol. The van der Waals surface area contributed by atoms with Gasteiger partial charge in [-0.25, -0.2) is 4.98 Å². The van der Waals surface area contributed by atoms with Crippen molar-refractivity contribution in [3.63, 3.8) is 0 Å². The number of aromatic nitrogens is 1. The quantitative estimate of drug-likeness (QED) is 0.377. The van der Waals surface area contributed by atoms with Crippen LogP contribution in [0.15, 0.2) is 69.8 Å². The predicted octanol–water partition coefficient (Wildman–Crippen LogP) is 6.15. The molecular formula is C19H12BrClN2O2S. The molecule has 0 fully saturated rings. The van der Waals surface area contributed by atoms with Gasteiger partial charge in [0.15, 0.2) is 5.13 Å². The van der Waals surface area contributed by atoms with Gasteiger partial charge in [-0.15, -0.1) is 0 Å². The third-order valence-electron chi connectivity index (χ3n) is 3.81. The molecule has 0 spiro atoms. The fourth-order valence-electron chi connectivity index (χ4n) is 2.57. The molecule has 0 saturated heterocycles. The first-order valence-corrected chi connectivity index (χ1v) is 9.75. The van der Waals surface area contributed by atoms with E-state index in [-0.39, 0.29) is 12.5 Å². The van der Waals surface area contributed by atoms with E-state index in [2.05, 4.69) is 20.9 Å². The number of amides is 1. The number of nitrogens with zero attached hydrogens (tertiary/aromatic N) is 2. The molecule has 4 nitrogen and oxygen atoms in total. The summed E-state index contributed by atoms with van der Waals surface area (Å²) in [6.07, 6.45) is 1.59. The minimum atomic E-state index is -0.217. The normalized spacial score (nSPS) is 11.0. The van der Waals surface area contributed by atoms with Gasteiger partial charge in [0.1, 0.15) is 5.76 Å². The molecule has 1 amide bonds. The van der Waals surface area contributed by atoms with E-state index in [4.69, 9.17) is 16.0 Å². The largest absolute Gasteiger partial charge is 0.467 e. The summed E-state index contributed by atoms with van der Waals surface area (Å²) in [6, 6.07) is 16.5. The summed E-state index contributed by atoms with van der Waals surface area (Å²) in [4.78, 5) is 19.4. The Kier molecular flexibility index (Phi) is 4.80. The summed E-state index contributed by atoms with van der Waals surface area (Å²) in [6.45, 7) is 0.276. The van der Waals surface area contributed by atoms with Crippen molar-refractivity contribution >= 4 is 60.1 Å². The van der Waals surface area contributed by atoms with Crippen molar-refractivity contribution < 1.29 is 9.21 Å². The molecule has 0 radical (unpaired) electrons. The number of anilines is 1. The second-order valence-corrected chi connectivity index (χ2v) is 7.89. The predicted molar refractivity (Wildman–Crippen MR) is 108 cm³/mol. The lowest BCUT2D eigenvalue weighted by atomic mass is 10.2. The molecule has 0 N–H and O–H groups in total. The molecule has 0 aliphatic heterocycles. The van der Waals surface area contributed by atoms with Crippen LogP contribution in [0.25, 0.3) is 10.2 Å². The van der Waals surface area contributed by atoms with E-state index in [1.165, 1.54) is 11.3 Å². The zero-order chi connectivity index (χ0) is 18.1. The molecule has 0 saturated carbocycles. The van der Waals surface area contributed by atoms with Gasteiger partial charge >= 0.3 is 0 Å². The maximum absolute atomic E-state index is 13.2. The van der Waals surface area contributed by atoms with Gasteiger partial charge in [0.2, 0.25) is 0 Å². The van der Waals surface area contributed by atoms with Gasteiger partial charge in [0.05, 0.1) is 33.6 Å². The van der Waals surface area contributed by atoms with Gasteiger partial charge < -0.3 is 4.42 Å². The summed E-state index contributed by atoms with van der Waals surface area (Å²) in [5.74, 6) is 0.455. The van der Waals surface area contributed by atoms with Crippen molar-refractivity contribution in [3.05, 3.63) is 81.7 Å². The summed E-state index contributed by atoms with van der Waals surface area (Å²) >= 11 is 11.2. The fraction of sp³-hybridized carbons (Fsp3) is 0.0526. The maximum Gasteiger partial charge on any atom is 0.262 e. The molecule has 2 aromatic carbocycles. The highest BCUT2D eigenvalue weighted by Gasteiger charge is 2.24. The monoisotopic (exact) mass is 446 g/mol. The number of hydrogen-bond donors (Lipinski definition) is 0. The van der Waals surface area contributed by atoms with E-state index in [0.717, 1.165) is 14.7 Å². The summed E-state index contributed by atoms with van der Waals surface area (Å²) in [5.41, 5.74) is 1.27. The molecule has 2 aromatic heterocycles. The van der Waals surface area contributed by atoms with E-state index >= 15 is 0 Å². The van der Waals surface area contributed by atoms with Crippen LogP contribution in [0.2, 0.25) is 5.02 Å². The van der Waals surface area contributed by atoms with Crippen LogP contribution in [0.3, 0.4) is 0 Å². The van der Waals surface area contributed by atoms with Crippen LogP contribution in [0.1, 0.15) is 16.1 Å². The molecule has 0 unspecified atom stereocenters. The Morgan fingerprint density at radius 1 is 1.19 bits per heavy atom. The molecule has 0 atom stereocenters. The molecule has 4 rings (SSSR count). The third kappa shape index (κ3) is 3.40. The zero-order valence-electron chi connectivity index (χ0n) is 13.4. The van der Waals surface area contributed by atoms with Crippen LogP contribution in [0, 0.1) is 0 Å². The van der Waals surface area contributed by atoms with E-state index in [1.807, 2.05) is 24.3 Å². The molecule has 0 aliphatic carbocycles. The van der Waals surface area contributed by atoms with Gasteiger partial charge in [-0.2, -0.15) is 0 Å². The van der Waals surface area contributed by atoms with Crippen molar-refractivity contribution in [2.24, 2.45) is 0 Å². The van der Waals surface area contributed by atoms with Gasteiger partial charge in [-0.05, 0) is 42.5 Å². The molecule has 2 heterocycles. The third-order valence-corrected chi connectivity index (χ3v) is 5.68. The lowest BCUT2D eigenvalue weighted by Gasteiger charge is -2.19. The van der Waals surface area contributed by atoms with Crippen molar-refractivity contribution in [2.75, 3.05) is 4.90 Å². The zero-order valence-corrected chi connectivity index (χ0v) is 16.5. The number of carbonyl (C=O) groups excluding carboxylic acids is 1. The molecule has 0 bridgehead atoms. The first kappa shape index (κ1) is 17.3. The lowest BCUT2D eigenvalue weighted by Crippen LogP contribution is -2.30. The number of thiazole rings is 1. The Morgan fingerprint density at radius 2 is 2.04 bits per heavy atom. The van der Waals surface area contributed by atoms with Crippen molar-refractivity contribution in [3.8, 4) is 0 Å². The van der Waals surface area contributed by atoms with Crippen LogP contribution in [-0.2, 0) is 6.54 Å². The van der Waals surface area contributed by atoms with E-state index in [9.17, 15) is 4.79 Å². The molecule has 7 heteroatoms. The maximum atomic E-state index is 13.2. The summed E-state index contributed by atoms with van der Waals surface area (Å²) in [7, 11) is 0. The highest BCUT2D eigenvalue weighted by molar-refractivity contribution is 9.10. The van der Waals surface area contributed by atoms with E-state index in [0.29, 0.717) is 21.5 Å². The van der Waals surface area contributed by atoms with E-state index < -0.39 is 0 Å². The smallest absolute Gasteiger partial charge is 0.262 e. The number of fused-ring (bicyclic) bond motifs is 1. The fourth-order valence-corrected chi connectivity index (χ4v) is 4.30. The number of rotatable bonds is 4. The molecule has 4 aromatic rings. The number of hydrogen-bond acceptors (Lipinski definition) is 4. The van der Waals surface area contributed by atoms with Crippen LogP contribution in [0.5, 0.6) is 0 Å². The van der Waals surface area contributed by atoms with Crippen molar-refractivity contribution in [2.45, 2.75) is 6.54 Å². The Hall–Kier alpha value is -2.15. The van der Waals surface area contributed by atoms with Crippen LogP contribution >= 0.6 is 38.9 Å². The van der Waals surface area contributed by atoms with Gasteiger partial charge in [0, 0.05) is 4.47 Å². The van der Waals surface area contributed by atoms with E-state index in [1.54, 1.807) is 41.5 Å². The molecular weight excluding hydrogens is 436 g/mol. The first-order valence-electron chi connectivity index (χ1n) is 7.77. The first-order chi connectivity index (χ1) is 12.6. The van der Waals surface area contributed by atoms with Gasteiger partial charge in [-0.3, -0.25) is 9.69 Å². The minimum absolute atomic E-state index is 0.217. The van der Waals surface area contributed by atoms with Crippen molar-refractivity contribution in [1.29, 1.82) is 0 Å². The van der Waals surface area contributed by atoms with Crippen LogP contribution in [-0.4, -0.2) is 10.9 Å². The van der Waals surface area contributed by atoms with Crippen LogP contribution in [0.4, 0.5) is 5.13 Å². The second kappa shape index (κ2) is 7.23.